The van der Waals surface area contributed by atoms with Gasteiger partial charge in [-0.3, -0.25) is 4.79 Å². The lowest BCUT2D eigenvalue weighted by atomic mass is 9.95. The number of rotatable bonds is 5. The first kappa shape index (κ1) is 14.6. The Morgan fingerprint density at radius 3 is 2.78 bits per heavy atom. The van der Waals surface area contributed by atoms with E-state index >= 15 is 0 Å². The summed E-state index contributed by atoms with van der Waals surface area (Å²) in [5, 5.41) is 2.82. The van der Waals surface area contributed by atoms with Gasteiger partial charge in [-0.1, -0.05) is 25.5 Å². The molecular formula is C14H21FN2O. The van der Waals surface area contributed by atoms with Gasteiger partial charge in [0.25, 0.3) is 0 Å². The van der Waals surface area contributed by atoms with Crippen molar-refractivity contribution in [3.05, 3.63) is 35.6 Å². The van der Waals surface area contributed by atoms with Gasteiger partial charge in [0, 0.05) is 0 Å². The summed E-state index contributed by atoms with van der Waals surface area (Å²) in [4.78, 5) is 12.0. The second-order valence-corrected chi connectivity index (χ2v) is 4.92. The topological polar surface area (TPSA) is 55.1 Å². The van der Waals surface area contributed by atoms with Crippen molar-refractivity contribution in [2.45, 2.75) is 45.2 Å². The van der Waals surface area contributed by atoms with E-state index in [0.717, 1.165) is 12.0 Å². The van der Waals surface area contributed by atoms with Gasteiger partial charge in [0.05, 0.1) is 11.6 Å². The lowest BCUT2D eigenvalue weighted by Crippen LogP contribution is -2.52. The summed E-state index contributed by atoms with van der Waals surface area (Å²) in [6, 6.07) is 5.94. The van der Waals surface area contributed by atoms with Gasteiger partial charge in [0.15, 0.2) is 0 Å². The van der Waals surface area contributed by atoms with E-state index in [1.807, 2.05) is 13.8 Å². The number of hydrogen-bond acceptors (Lipinski definition) is 2. The molecule has 2 atom stereocenters. The normalized spacial score (nSPS) is 15.8. The molecule has 3 N–H and O–H groups in total. The highest BCUT2D eigenvalue weighted by atomic mass is 19.1. The smallest absolute Gasteiger partial charge is 0.240 e. The number of nitrogens with two attached hydrogens (primary N) is 1. The number of hydrogen-bond donors (Lipinski definition) is 2. The number of nitrogens with one attached hydrogen (secondary N) is 1. The fourth-order valence-electron chi connectivity index (χ4n) is 1.85. The quantitative estimate of drug-likeness (QED) is 0.846. The first-order chi connectivity index (χ1) is 8.36. The van der Waals surface area contributed by atoms with Crippen LogP contribution in [0.2, 0.25) is 0 Å². The number of benzene rings is 1. The van der Waals surface area contributed by atoms with Gasteiger partial charge >= 0.3 is 0 Å². The van der Waals surface area contributed by atoms with Crippen molar-refractivity contribution in [2.24, 2.45) is 5.73 Å². The largest absolute Gasteiger partial charge is 0.348 e. The highest BCUT2D eigenvalue weighted by molar-refractivity contribution is 5.85. The number of carbonyl (C=O) groups excluding carboxylic acids is 1. The van der Waals surface area contributed by atoms with Crippen LogP contribution in [0.4, 0.5) is 4.39 Å². The summed E-state index contributed by atoms with van der Waals surface area (Å²) in [5.74, 6) is -0.515. The molecule has 3 nitrogen and oxygen atoms in total. The van der Waals surface area contributed by atoms with E-state index in [-0.39, 0.29) is 17.8 Å². The summed E-state index contributed by atoms with van der Waals surface area (Å²) < 4.78 is 13.1. The molecule has 0 bridgehead atoms. The van der Waals surface area contributed by atoms with E-state index in [0.29, 0.717) is 6.42 Å². The maximum Gasteiger partial charge on any atom is 0.240 e. The van der Waals surface area contributed by atoms with Crippen LogP contribution in [0.5, 0.6) is 0 Å². The molecule has 1 unspecified atom stereocenters. The third-order valence-corrected chi connectivity index (χ3v) is 2.98. The summed E-state index contributed by atoms with van der Waals surface area (Å²) >= 11 is 0. The molecule has 18 heavy (non-hydrogen) atoms. The minimum Gasteiger partial charge on any atom is -0.348 e. The Kier molecular flexibility index (Phi) is 4.84. The second kappa shape index (κ2) is 5.96. The summed E-state index contributed by atoms with van der Waals surface area (Å²) in [6.45, 7) is 5.51. The Morgan fingerprint density at radius 2 is 2.22 bits per heavy atom. The van der Waals surface area contributed by atoms with Crippen LogP contribution >= 0.6 is 0 Å². The molecule has 0 aromatic heterocycles. The molecule has 1 aromatic rings. The Bertz CT molecular complexity index is 418. The molecule has 0 aliphatic rings. The van der Waals surface area contributed by atoms with Crippen molar-refractivity contribution < 1.29 is 9.18 Å². The summed E-state index contributed by atoms with van der Waals surface area (Å²) in [5.41, 5.74) is 5.79. The molecule has 0 radical (unpaired) electrons. The zero-order valence-electron chi connectivity index (χ0n) is 11.2. The third kappa shape index (κ3) is 3.81. The highest BCUT2D eigenvalue weighted by Gasteiger charge is 2.28. The van der Waals surface area contributed by atoms with E-state index in [1.165, 1.54) is 12.1 Å². The highest BCUT2D eigenvalue weighted by Crippen LogP contribution is 2.16. The van der Waals surface area contributed by atoms with Gasteiger partial charge in [0.1, 0.15) is 5.82 Å². The first-order valence-corrected chi connectivity index (χ1v) is 6.22. The Hall–Kier alpha value is -1.42. The van der Waals surface area contributed by atoms with Gasteiger partial charge in [-0.2, -0.15) is 0 Å². The van der Waals surface area contributed by atoms with Gasteiger partial charge in [-0.05, 0) is 38.0 Å². The minimum atomic E-state index is -0.879. The third-order valence-electron chi connectivity index (χ3n) is 2.98. The van der Waals surface area contributed by atoms with Crippen molar-refractivity contribution in [1.29, 1.82) is 0 Å². The van der Waals surface area contributed by atoms with Gasteiger partial charge in [0.2, 0.25) is 5.91 Å². The zero-order valence-corrected chi connectivity index (χ0v) is 11.2. The molecule has 0 spiro atoms. The number of amides is 1. The van der Waals surface area contributed by atoms with Crippen LogP contribution in [-0.2, 0) is 4.79 Å². The van der Waals surface area contributed by atoms with Crippen LogP contribution in [0.1, 0.15) is 45.2 Å². The molecule has 1 rings (SSSR count). The van der Waals surface area contributed by atoms with E-state index in [2.05, 4.69) is 5.32 Å². The number of carbonyl (C=O) groups is 1. The lowest BCUT2D eigenvalue weighted by molar-refractivity contribution is -0.126. The molecule has 0 saturated carbocycles. The standard InChI is InChI=1S/C14H21FN2O/c1-4-8-14(3,16)13(18)17-10(2)11-6-5-7-12(15)9-11/h5-7,9-10H,4,8,16H2,1-3H3,(H,17,18)/t10-,14?/m1/s1. The molecular weight excluding hydrogens is 231 g/mol. The fraction of sp³-hybridized carbons (Fsp3) is 0.500. The molecule has 1 amide bonds. The molecule has 0 saturated heterocycles. The molecule has 1 aromatic carbocycles. The molecule has 4 heteroatoms. The zero-order chi connectivity index (χ0) is 13.8. The fourth-order valence-corrected chi connectivity index (χ4v) is 1.85. The van der Waals surface area contributed by atoms with E-state index in [1.54, 1.807) is 19.1 Å². The Morgan fingerprint density at radius 1 is 1.56 bits per heavy atom. The van der Waals surface area contributed by atoms with Gasteiger partial charge in [-0.15, -0.1) is 0 Å². The molecule has 0 aliphatic heterocycles. The molecule has 0 aliphatic carbocycles. The van der Waals surface area contributed by atoms with Crippen molar-refractivity contribution >= 4 is 5.91 Å². The molecule has 0 heterocycles. The summed E-state index contributed by atoms with van der Waals surface area (Å²) in [7, 11) is 0. The van der Waals surface area contributed by atoms with Crippen LogP contribution < -0.4 is 11.1 Å². The average Bonchev–Trinajstić information content (AvgIpc) is 2.28. The second-order valence-electron chi connectivity index (χ2n) is 4.92. The predicted octanol–water partition coefficient (Wildman–Crippen LogP) is 2.52. The van der Waals surface area contributed by atoms with Crippen molar-refractivity contribution in [3.63, 3.8) is 0 Å². The molecule has 100 valence electrons. The van der Waals surface area contributed by atoms with Crippen molar-refractivity contribution in [2.75, 3.05) is 0 Å². The van der Waals surface area contributed by atoms with Crippen LogP contribution in [-0.4, -0.2) is 11.4 Å². The van der Waals surface area contributed by atoms with Crippen LogP contribution in [0, 0.1) is 5.82 Å². The van der Waals surface area contributed by atoms with Crippen molar-refractivity contribution in [3.8, 4) is 0 Å². The van der Waals surface area contributed by atoms with Crippen LogP contribution in [0.3, 0.4) is 0 Å². The summed E-state index contributed by atoms with van der Waals surface area (Å²) in [6.07, 6.45) is 1.46. The Balaban J connectivity index is 2.70. The van der Waals surface area contributed by atoms with Crippen molar-refractivity contribution in [1.82, 2.24) is 5.32 Å². The van der Waals surface area contributed by atoms with E-state index in [4.69, 9.17) is 5.73 Å². The maximum absolute atomic E-state index is 13.1. The predicted molar refractivity (Wildman–Crippen MR) is 70.5 cm³/mol. The van der Waals surface area contributed by atoms with Gasteiger partial charge in [-0.25, -0.2) is 4.39 Å². The maximum atomic E-state index is 13.1. The van der Waals surface area contributed by atoms with E-state index in [9.17, 15) is 9.18 Å². The van der Waals surface area contributed by atoms with Crippen LogP contribution in [0.25, 0.3) is 0 Å². The average molecular weight is 252 g/mol. The van der Waals surface area contributed by atoms with Crippen LogP contribution in [0.15, 0.2) is 24.3 Å². The van der Waals surface area contributed by atoms with E-state index < -0.39 is 5.54 Å². The first-order valence-electron chi connectivity index (χ1n) is 6.22. The number of halogens is 1. The van der Waals surface area contributed by atoms with Gasteiger partial charge < -0.3 is 11.1 Å². The molecule has 0 fully saturated rings. The monoisotopic (exact) mass is 252 g/mol. The lowest BCUT2D eigenvalue weighted by Gasteiger charge is -2.25. The minimum absolute atomic E-state index is 0.207. The SMILES string of the molecule is CCCC(C)(N)C(=O)N[C@H](C)c1cccc(F)c1. The Labute approximate surface area is 108 Å².